The Morgan fingerprint density at radius 1 is 1.44 bits per heavy atom. The second-order valence-electron chi connectivity index (χ2n) is 4.56. The number of hydrogen-bond acceptors (Lipinski definition) is 3. The van der Waals surface area contributed by atoms with Gasteiger partial charge in [0.1, 0.15) is 0 Å². The van der Waals surface area contributed by atoms with E-state index in [0.29, 0.717) is 0 Å². The minimum Gasteiger partial charge on any atom is -0.374 e. The maximum absolute atomic E-state index is 6.32. The lowest BCUT2D eigenvalue weighted by atomic mass is 10.0. The van der Waals surface area contributed by atoms with Gasteiger partial charge in [-0.3, -0.25) is 0 Å². The van der Waals surface area contributed by atoms with Crippen molar-refractivity contribution in [2.45, 2.75) is 25.8 Å². The summed E-state index contributed by atoms with van der Waals surface area (Å²) in [7, 11) is 2.10. The fraction of sp³-hybridized carbons (Fsp3) is 0.571. The molecule has 0 aromatic heterocycles. The number of hydrogen-bond donors (Lipinski definition) is 1. The van der Waals surface area contributed by atoms with Crippen LogP contribution in [0.5, 0.6) is 0 Å². The maximum Gasteiger partial charge on any atom is 0.0459 e. The van der Waals surface area contributed by atoms with Gasteiger partial charge in [0.25, 0.3) is 0 Å². The smallest absolute Gasteiger partial charge is 0.0459 e. The molecule has 0 heterocycles. The molecule has 1 aromatic rings. The number of nitrogens with zero attached hydrogens (tertiary/aromatic N) is 1. The summed E-state index contributed by atoms with van der Waals surface area (Å²) in [5, 5.41) is 0.826. The van der Waals surface area contributed by atoms with E-state index in [1.54, 1.807) is 0 Å². The Hall–Kier alpha value is -0.380. The van der Waals surface area contributed by atoms with Crippen molar-refractivity contribution in [1.29, 1.82) is 0 Å². The first-order chi connectivity index (χ1) is 8.58. The first-order valence-corrected chi connectivity index (χ1v) is 8.09. The first kappa shape index (κ1) is 15.7. The van der Waals surface area contributed by atoms with Crippen LogP contribution in [0.4, 0.5) is 5.69 Å². The number of nitrogens with two attached hydrogens (primary N) is 1. The van der Waals surface area contributed by atoms with Crippen LogP contribution >= 0.6 is 23.4 Å². The van der Waals surface area contributed by atoms with Gasteiger partial charge in [0.15, 0.2) is 0 Å². The minimum atomic E-state index is 0.197. The molecule has 18 heavy (non-hydrogen) atoms. The Bertz CT molecular complexity index is 371. The van der Waals surface area contributed by atoms with Gasteiger partial charge < -0.3 is 10.6 Å². The molecule has 0 radical (unpaired) electrons. The van der Waals surface area contributed by atoms with E-state index in [1.165, 1.54) is 5.69 Å². The minimum absolute atomic E-state index is 0.197. The second kappa shape index (κ2) is 7.93. The van der Waals surface area contributed by atoms with Crippen LogP contribution in [0.25, 0.3) is 0 Å². The highest BCUT2D eigenvalue weighted by atomic mass is 35.5. The van der Waals surface area contributed by atoms with Gasteiger partial charge in [0.05, 0.1) is 0 Å². The van der Waals surface area contributed by atoms with Crippen molar-refractivity contribution in [3.8, 4) is 0 Å². The molecule has 4 heteroatoms. The molecule has 0 aliphatic heterocycles. The van der Waals surface area contributed by atoms with Crippen molar-refractivity contribution in [2.75, 3.05) is 30.5 Å². The average molecular weight is 287 g/mol. The predicted octanol–water partition coefficient (Wildman–Crippen LogP) is 3.42. The van der Waals surface area contributed by atoms with Gasteiger partial charge in [-0.25, -0.2) is 0 Å². The summed E-state index contributed by atoms with van der Waals surface area (Å²) in [6.45, 7) is 3.13. The van der Waals surface area contributed by atoms with E-state index in [9.17, 15) is 0 Å². The van der Waals surface area contributed by atoms with Gasteiger partial charge in [-0.2, -0.15) is 11.8 Å². The molecule has 0 aliphatic rings. The van der Waals surface area contributed by atoms with E-state index < -0.39 is 0 Å². The molecule has 1 rings (SSSR count). The summed E-state index contributed by atoms with van der Waals surface area (Å²) in [5.74, 6) is 1.12. The van der Waals surface area contributed by atoms with E-state index >= 15 is 0 Å². The summed E-state index contributed by atoms with van der Waals surface area (Å²) in [6, 6.07) is 6.47. The third-order valence-corrected chi connectivity index (χ3v) is 4.06. The predicted molar refractivity (Wildman–Crippen MR) is 85.1 cm³/mol. The lowest BCUT2D eigenvalue weighted by molar-refractivity contribution is 0.646. The fourth-order valence-electron chi connectivity index (χ4n) is 1.72. The molecule has 0 amide bonds. The highest BCUT2D eigenvalue weighted by Gasteiger charge is 2.08. The molecular weight excluding hydrogens is 264 g/mol. The fourth-order valence-corrected chi connectivity index (χ4v) is 2.43. The molecule has 0 saturated heterocycles. The average Bonchev–Trinajstić information content (AvgIpc) is 2.38. The van der Waals surface area contributed by atoms with Gasteiger partial charge >= 0.3 is 0 Å². The van der Waals surface area contributed by atoms with Crippen molar-refractivity contribution in [3.05, 3.63) is 28.8 Å². The summed E-state index contributed by atoms with van der Waals surface area (Å²) >= 11 is 8.17. The zero-order chi connectivity index (χ0) is 13.5. The number of anilines is 1. The molecule has 0 spiro atoms. The molecule has 0 fully saturated rings. The van der Waals surface area contributed by atoms with Crippen LogP contribution in [0, 0.1) is 0 Å². The van der Waals surface area contributed by atoms with Gasteiger partial charge in [-0.15, -0.1) is 0 Å². The van der Waals surface area contributed by atoms with E-state index in [1.807, 2.05) is 17.8 Å². The Morgan fingerprint density at radius 2 is 2.17 bits per heavy atom. The monoisotopic (exact) mass is 286 g/mol. The van der Waals surface area contributed by atoms with Crippen molar-refractivity contribution in [2.24, 2.45) is 5.73 Å². The number of benzene rings is 1. The summed E-state index contributed by atoms with van der Waals surface area (Å²) in [4.78, 5) is 2.23. The molecule has 2 nitrogen and oxygen atoms in total. The van der Waals surface area contributed by atoms with Gasteiger partial charge in [-0.05, 0) is 36.8 Å². The zero-order valence-corrected chi connectivity index (χ0v) is 13.0. The molecular formula is C14H23ClN2S. The molecule has 102 valence electrons. The second-order valence-corrected chi connectivity index (χ2v) is 5.96. The van der Waals surface area contributed by atoms with Crippen LogP contribution < -0.4 is 10.6 Å². The molecule has 0 bridgehead atoms. The maximum atomic E-state index is 6.32. The Kier molecular flexibility index (Phi) is 6.90. The summed E-state index contributed by atoms with van der Waals surface area (Å²) in [6.07, 6.45) is 3.95. The molecule has 0 saturated carbocycles. The molecule has 1 atom stereocenters. The quantitative estimate of drug-likeness (QED) is 0.833. The van der Waals surface area contributed by atoms with Crippen molar-refractivity contribution >= 4 is 29.1 Å². The molecule has 1 unspecified atom stereocenters. The first-order valence-electron chi connectivity index (χ1n) is 6.32. The number of halogens is 1. The Labute approximate surface area is 120 Å². The SMILES string of the molecule is CCC(N)Cc1ccc(N(C)CCSC)cc1Cl. The lowest BCUT2D eigenvalue weighted by Gasteiger charge is -2.20. The van der Waals surface area contributed by atoms with Crippen LogP contribution in [0.15, 0.2) is 18.2 Å². The lowest BCUT2D eigenvalue weighted by Crippen LogP contribution is -2.22. The number of rotatable bonds is 7. The van der Waals surface area contributed by atoms with Gasteiger partial charge in [-0.1, -0.05) is 24.6 Å². The zero-order valence-electron chi connectivity index (χ0n) is 11.4. The third-order valence-electron chi connectivity index (χ3n) is 3.11. The van der Waals surface area contributed by atoms with E-state index in [-0.39, 0.29) is 6.04 Å². The van der Waals surface area contributed by atoms with Crippen LogP contribution in [-0.4, -0.2) is 31.6 Å². The largest absolute Gasteiger partial charge is 0.374 e. The van der Waals surface area contributed by atoms with Gasteiger partial charge in [0, 0.05) is 36.1 Å². The van der Waals surface area contributed by atoms with E-state index in [4.69, 9.17) is 17.3 Å². The third kappa shape index (κ3) is 4.71. The normalized spacial score (nSPS) is 12.5. The van der Waals surface area contributed by atoms with Crippen molar-refractivity contribution in [1.82, 2.24) is 0 Å². The summed E-state index contributed by atoms with van der Waals surface area (Å²) in [5.41, 5.74) is 8.28. The van der Waals surface area contributed by atoms with E-state index in [0.717, 1.165) is 35.7 Å². The number of thioether (sulfide) groups is 1. The van der Waals surface area contributed by atoms with Crippen LogP contribution in [-0.2, 0) is 6.42 Å². The highest BCUT2D eigenvalue weighted by Crippen LogP contribution is 2.24. The molecule has 0 aliphatic carbocycles. The van der Waals surface area contributed by atoms with E-state index in [2.05, 4.69) is 37.3 Å². The summed E-state index contributed by atoms with van der Waals surface area (Å²) < 4.78 is 0. The molecule has 1 aromatic carbocycles. The van der Waals surface area contributed by atoms with Crippen LogP contribution in [0.2, 0.25) is 5.02 Å². The van der Waals surface area contributed by atoms with Crippen LogP contribution in [0.1, 0.15) is 18.9 Å². The Balaban J connectivity index is 2.72. The van der Waals surface area contributed by atoms with Crippen LogP contribution in [0.3, 0.4) is 0 Å². The Morgan fingerprint density at radius 3 is 2.72 bits per heavy atom. The molecule has 2 N–H and O–H groups in total. The van der Waals surface area contributed by atoms with Gasteiger partial charge in [0.2, 0.25) is 0 Å². The topological polar surface area (TPSA) is 29.3 Å². The van der Waals surface area contributed by atoms with Crippen molar-refractivity contribution < 1.29 is 0 Å². The highest BCUT2D eigenvalue weighted by molar-refractivity contribution is 7.98. The standard InChI is InChI=1S/C14H23ClN2S/c1-4-12(16)9-11-5-6-13(10-14(11)15)17(2)7-8-18-3/h5-6,10,12H,4,7-9,16H2,1-3H3. The van der Waals surface area contributed by atoms with Crippen molar-refractivity contribution in [3.63, 3.8) is 0 Å².